The molecule has 2 aromatic carbocycles. The number of benzene rings is 2. The minimum Gasteiger partial charge on any atom is -0.507 e. The summed E-state index contributed by atoms with van der Waals surface area (Å²) in [6.45, 7) is 3.11. The lowest BCUT2D eigenvalue weighted by Gasteiger charge is -2.07. The minimum atomic E-state index is -0.520. The molecular formula is C18H17BrF2O4. The molecule has 0 amide bonds. The van der Waals surface area contributed by atoms with Gasteiger partial charge in [0.15, 0.2) is 11.6 Å². The third-order valence-electron chi connectivity index (χ3n) is 2.99. The van der Waals surface area contributed by atoms with Crippen LogP contribution in [0.15, 0.2) is 36.4 Å². The molecule has 2 rings (SSSR count). The number of phenols is 1. The summed E-state index contributed by atoms with van der Waals surface area (Å²) in [5.41, 5.74) is 0.302. The molecule has 0 saturated heterocycles. The van der Waals surface area contributed by atoms with Gasteiger partial charge >= 0.3 is 0 Å². The molecule has 0 aliphatic carbocycles. The first-order valence-electron chi connectivity index (χ1n) is 7.25. The van der Waals surface area contributed by atoms with Crippen molar-refractivity contribution in [1.29, 1.82) is 0 Å². The lowest BCUT2D eigenvalue weighted by molar-refractivity contribution is 0.100. The summed E-state index contributed by atoms with van der Waals surface area (Å²) in [6, 6.07) is 7.20. The van der Waals surface area contributed by atoms with Crippen LogP contribution in [0, 0.1) is 11.6 Å². The average Bonchev–Trinajstić information content (AvgIpc) is 2.56. The number of aromatic hydroxyl groups is 1. The Morgan fingerprint density at radius 2 is 1.52 bits per heavy atom. The third-order valence-corrected chi connectivity index (χ3v) is 3.32. The van der Waals surface area contributed by atoms with Crippen molar-refractivity contribution in [2.45, 2.75) is 13.8 Å². The highest BCUT2D eigenvalue weighted by molar-refractivity contribution is 9.09. The zero-order chi connectivity index (χ0) is 19.0. The molecule has 0 spiro atoms. The first-order valence-corrected chi connectivity index (χ1v) is 8.37. The van der Waals surface area contributed by atoms with Crippen LogP contribution in [0.5, 0.6) is 11.5 Å². The second kappa shape index (κ2) is 9.88. The van der Waals surface area contributed by atoms with E-state index in [9.17, 15) is 18.4 Å². The van der Waals surface area contributed by atoms with E-state index >= 15 is 0 Å². The Bertz CT molecular complexity index is 763. The van der Waals surface area contributed by atoms with Gasteiger partial charge in [-0.15, -0.1) is 0 Å². The number of carbonyl (C=O) groups is 2. The Labute approximate surface area is 152 Å². The van der Waals surface area contributed by atoms with Gasteiger partial charge in [0.2, 0.25) is 0 Å². The molecule has 7 heteroatoms. The van der Waals surface area contributed by atoms with Gasteiger partial charge in [0.25, 0.3) is 0 Å². The number of carbonyl (C=O) groups excluding carboxylic acids is 2. The van der Waals surface area contributed by atoms with E-state index in [-0.39, 0.29) is 28.4 Å². The van der Waals surface area contributed by atoms with Gasteiger partial charge in [-0.3, -0.25) is 9.59 Å². The maximum Gasteiger partial charge on any atom is 0.163 e. The van der Waals surface area contributed by atoms with Gasteiger partial charge in [-0.1, -0.05) is 15.9 Å². The number of phenolic OH excluding ortho intramolecular Hbond substituents is 1. The van der Waals surface area contributed by atoms with E-state index in [2.05, 4.69) is 15.9 Å². The molecular weight excluding hydrogens is 398 g/mol. The first kappa shape index (κ1) is 20.8. The number of hydrogen-bond acceptors (Lipinski definition) is 4. The van der Waals surface area contributed by atoms with Gasteiger partial charge in [-0.05, 0) is 50.2 Å². The smallest absolute Gasteiger partial charge is 0.163 e. The molecule has 0 fully saturated rings. The molecule has 0 bridgehead atoms. The Hall–Kier alpha value is -2.28. The Kier molecular flexibility index (Phi) is 8.21. The summed E-state index contributed by atoms with van der Waals surface area (Å²) in [6.07, 6.45) is 0. The van der Waals surface area contributed by atoms with Crippen molar-refractivity contribution in [2.75, 3.05) is 11.9 Å². The topological polar surface area (TPSA) is 63.6 Å². The second-order valence-electron chi connectivity index (χ2n) is 4.95. The molecule has 0 atom stereocenters. The van der Waals surface area contributed by atoms with E-state index in [0.29, 0.717) is 17.7 Å². The van der Waals surface area contributed by atoms with E-state index in [4.69, 9.17) is 9.84 Å². The normalized spacial score (nSPS) is 9.80. The van der Waals surface area contributed by atoms with Crippen LogP contribution in [0.1, 0.15) is 34.6 Å². The zero-order valence-corrected chi connectivity index (χ0v) is 15.3. The molecule has 0 aromatic heterocycles. The van der Waals surface area contributed by atoms with Crippen LogP contribution < -0.4 is 4.74 Å². The van der Waals surface area contributed by atoms with Crippen LogP contribution in [0.3, 0.4) is 0 Å². The summed E-state index contributed by atoms with van der Waals surface area (Å²) in [4.78, 5) is 21.8. The standard InChI is InChI=1S/C10H10BrFO2.C8H7FO2/c1-7(13)9-6-8(12)2-3-10(9)14-5-4-11;1-5(10)7-4-6(9)2-3-8(7)11/h2-3,6H,4-5H2,1H3;2-4,11H,1H3. The Morgan fingerprint density at radius 3 is 2.00 bits per heavy atom. The van der Waals surface area contributed by atoms with Crippen LogP contribution in [-0.2, 0) is 0 Å². The van der Waals surface area contributed by atoms with Crippen LogP contribution in [0.2, 0.25) is 0 Å². The molecule has 0 saturated carbocycles. The monoisotopic (exact) mass is 414 g/mol. The number of ether oxygens (including phenoxy) is 1. The van der Waals surface area contributed by atoms with E-state index in [1.165, 1.54) is 32.0 Å². The predicted molar refractivity (Wildman–Crippen MR) is 93.8 cm³/mol. The number of ketones is 2. The van der Waals surface area contributed by atoms with E-state index in [1.54, 1.807) is 0 Å². The molecule has 134 valence electrons. The SMILES string of the molecule is CC(=O)c1cc(F)ccc1O.CC(=O)c1cc(F)ccc1OCCBr. The first-order chi connectivity index (χ1) is 11.8. The zero-order valence-electron chi connectivity index (χ0n) is 13.7. The highest BCUT2D eigenvalue weighted by Crippen LogP contribution is 2.20. The molecule has 2 aromatic rings. The van der Waals surface area contributed by atoms with Crippen molar-refractivity contribution in [3.8, 4) is 11.5 Å². The van der Waals surface area contributed by atoms with E-state index in [1.807, 2.05) is 0 Å². The molecule has 25 heavy (non-hydrogen) atoms. The van der Waals surface area contributed by atoms with Crippen molar-refractivity contribution >= 4 is 27.5 Å². The molecule has 0 aliphatic heterocycles. The second-order valence-corrected chi connectivity index (χ2v) is 5.74. The summed E-state index contributed by atoms with van der Waals surface area (Å²) in [5, 5.41) is 9.69. The number of Topliss-reactive ketones (excluding diaryl/α,β-unsaturated/α-hetero) is 2. The van der Waals surface area contributed by atoms with Crippen LogP contribution in [-0.4, -0.2) is 28.6 Å². The van der Waals surface area contributed by atoms with Crippen molar-refractivity contribution in [3.05, 3.63) is 59.2 Å². The highest BCUT2D eigenvalue weighted by atomic mass is 79.9. The van der Waals surface area contributed by atoms with Gasteiger partial charge in [0, 0.05) is 5.33 Å². The molecule has 0 heterocycles. The highest BCUT2D eigenvalue weighted by Gasteiger charge is 2.09. The maximum atomic E-state index is 12.8. The fourth-order valence-electron chi connectivity index (χ4n) is 1.84. The summed E-state index contributed by atoms with van der Waals surface area (Å²) >= 11 is 3.20. The fraction of sp³-hybridized carbons (Fsp3) is 0.222. The van der Waals surface area contributed by atoms with Gasteiger partial charge in [-0.25, -0.2) is 8.78 Å². The van der Waals surface area contributed by atoms with Crippen molar-refractivity contribution in [3.63, 3.8) is 0 Å². The number of halogens is 3. The van der Waals surface area contributed by atoms with E-state index in [0.717, 1.165) is 18.2 Å². The van der Waals surface area contributed by atoms with Gasteiger partial charge in [-0.2, -0.15) is 0 Å². The molecule has 0 aliphatic rings. The van der Waals surface area contributed by atoms with Crippen molar-refractivity contribution < 1.29 is 28.2 Å². The average molecular weight is 415 g/mol. The fourth-order valence-corrected chi connectivity index (χ4v) is 2.00. The van der Waals surface area contributed by atoms with Gasteiger partial charge < -0.3 is 9.84 Å². The summed E-state index contributed by atoms with van der Waals surface area (Å²) in [5.74, 6) is -1.25. The van der Waals surface area contributed by atoms with Crippen molar-refractivity contribution in [1.82, 2.24) is 0 Å². The molecule has 0 radical (unpaired) electrons. The molecule has 1 N–H and O–H groups in total. The van der Waals surface area contributed by atoms with Gasteiger partial charge in [0.05, 0.1) is 17.7 Å². The lowest BCUT2D eigenvalue weighted by Crippen LogP contribution is -2.03. The minimum absolute atomic E-state index is 0.0185. The Morgan fingerprint density at radius 1 is 1.00 bits per heavy atom. The maximum absolute atomic E-state index is 12.8. The van der Waals surface area contributed by atoms with Crippen LogP contribution in [0.4, 0.5) is 8.78 Å². The largest absolute Gasteiger partial charge is 0.507 e. The van der Waals surface area contributed by atoms with Gasteiger partial charge in [0.1, 0.15) is 23.1 Å². The molecule has 0 unspecified atom stereocenters. The summed E-state index contributed by atoms with van der Waals surface area (Å²) < 4.78 is 30.5. The van der Waals surface area contributed by atoms with E-state index < -0.39 is 11.6 Å². The van der Waals surface area contributed by atoms with Crippen LogP contribution >= 0.6 is 15.9 Å². The third kappa shape index (κ3) is 6.62. The van der Waals surface area contributed by atoms with Crippen molar-refractivity contribution in [2.24, 2.45) is 0 Å². The lowest BCUT2D eigenvalue weighted by atomic mass is 10.1. The Balaban J connectivity index is 0.000000257. The van der Waals surface area contributed by atoms with Crippen LogP contribution in [0.25, 0.3) is 0 Å². The number of hydrogen-bond donors (Lipinski definition) is 1. The number of alkyl halides is 1. The predicted octanol–water partition coefficient (Wildman–Crippen LogP) is 4.54. The quantitative estimate of drug-likeness (QED) is 0.576. The molecule has 4 nitrogen and oxygen atoms in total. The number of rotatable bonds is 5. The summed E-state index contributed by atoms with van der Waals surface area (Å²) in [7, 11) is 0.